The first kappa shape index (κ1) is 30.8. The zero-order chi connectivity index (χ0) is 28.7. The summed E-state index contributed by atoms with van der Waals surface area (Å²) in [6.45, 7) is 7.07. The van der Waals surface area contributed by atoms with Crippen LogP contribution in [0, 0.1) is 5.92 Å². The van der Waals surface area contributed by atoms with E-state index in [0.29, 0.717) is 52.6 Å². The molecule has 3 rings (SSSR count). The number of fused-ring (bicyclic) bond motifs is 1. The monoisotopic (exact) mass is 599 g/mol. The first-order valence-electron chi connectivity index (χ1n) is 12.7. The number of sulfonamides is 1. The Balaban J connectivity index is 1.75. The van der Waals surface area contributed by atoms with E-state index in [1.165, 1.54) is 9.21 Å². The first-order valence-corrected chi connectivity index (χ1v) is 15.4. The molecule has 0 saturated heterocycles. The van der Waals surface area contributed by atoms with Crippen LogP contribution in [0.3, 0.4) is 0 Å². The second kappa shape index (κ2) is 13.6. The van der Waals surface area contributed by atoms with Crippen molar-refractivity contribution in [2.45, 2.75) is 46.2 Å². The van der Waals surface area contributed by atoms with E-state index in [4.69, 9.17) is 32.7 Å². The third-order valence-electron chi connectivity index (χ3n) is 6.17. The Hall–Kier alpha value is -2.69. The van der Waals surface area contributed by atoms with Crippen LogP contribution in [0.15, 0.2) is 36.4 Å². The molecule has 2 aromatic carbocycles. The van der Waals surface area contributed by atoms with E-state index in [1.807, 2.05) is 13.8 Å². The van der Waals surface area contributed by atoms with Gasteiger partial charge in [-0.25, -0.2) is 8.42 Å². The van der Waals surface area contributed by atoms with Crippen LogP contribution in [0.5, 0.6) is 11.5 Å². The van der Waals surface area contributed by atoms with E-state index in [0.717, 1.165) is 6.26 Å². The summed E-state index contributed by atoms with van der Waals surface area (Å²) in [4.78, 5) is 27.8. The molecular formula is C27H35Cl2N3O6S. The normalized spacial score (nSPS) is 13.6. The standard InChI is InChI=1S/C27H35Cl2N3O6S/c1-18(2)16-30-27(34)19(3)31(17-20-7-8-21(28)14-23(20)29)26(33)6-5-11-32(39(4,35)36)22-9-10-24-25(15-22)38-13-12-37-24/h7-10,14-15,18-19H,5-6,11-13,16-17H2,1-4H3,(H,30,34)/t19-/m1/s1. The van der Waals surface area contributed by atoms with E-state index in [1.54, 1.807) is 43.3 Å². The first-order chi connectivity index (χ1) is 18.4. The van der Waals surface area contributed by atoms with Crippen molar-refractivity contribution < 1.29 is 27.5 Å². The second-order valence-corrected chi connectivity index (χ2v) is 12.6. The fourth-order valence-corrected chi connectivity index (χ4v) is 5.49. The van der Waals surface area contributed by atoms with Crippen molar-refractivity contribution in [3.63, 3.8) is 0 Å². The Kier molecular flexibility index (Phi) is 10.7. The minimum absolute atomic E-state index is 0.0174. The minimum Gasteiger partial charge on any atom is -0.486 e. The molecule has 2 amide bonds. The molecule has 39 heavy (non-hydrogen) atoms. The molecule has 1 heterocycles. The Morgan fingerprint density at radius 1 is 1.03 bits per heavy atom. The highest BCUT2D eigenvalue weighted by atomic mass is 35.5. The topological polar surface area (TPSA) is 105 Å². The molecule has 214 valence electrons. The number of nitrogens with zero attached hydrogens (tertiary/aromatic N) is 2. The molecule has 0 aliphatic carbocycles. The average Bonchev–Trinajstić information content (AvgIpc) is 2.87. The quantitative estimate of drug-likeness (QED) is 0.385. The van der Waals surface area contributed by atoms with Gasteiger partial charge in [0.2, 0.25) is 21.8 Å². The molecule has 12 heteroatoms. The van der Waals surface area contributed by atoms with E-state index < -0.39 is 16.1 Å². The number of anilines is 1. The molecule has 0 bridgehead atoms. The fourth-order valence-electron chi connectivity index (χ4n) is 4.06. The van der Waals surface area contributed by atoms with Crippen molar-refractivity contribution in [2.75, 3.05) is 36.9 Å². The summed E-state index contributed by atoms with van der Waals surface area (Å²) in [7, 11) is -3.65. The second-order valence-electron chi connectivity index (χ2n) is 9.84. The largest absolute Gasteiger partial charge is 0.486 e. The number of benzene rings is 2. The van der Waals surface area contributed by atoms with Gasteiger partial charge in [-0.15, -0.1) is 0 Å². The molecule has 0 aromatic heterocycles. The van der Waals surface area contributed by atoms with Crippen molar-refractivity contribution in [2.24, 2.45) is 5.92 Å². The van der Waals surface area contributed by atoms with Crippen molar-refractivity contribution >= 4 is 50.7 Å². The third kappa shape index (κ3) is 8.65. The maximum absolute atomic E-state index is 13.4. The highest BCUT2D eigenvalue weighted by Crippen LogP contribution is 2.35. The molecule has 0 radical (unpaired) electrons. The van der Waals surface area contributed by atoms with Gasteiger partial charge in [-0.05, 0) is 49.1 Å². The molecule has 0 saturated carbocycles. The molecule has 9 nitrogen and oxygen atoms in total. The highest BCUT2D eigenvalue weighted by Gasteiger charge is 2.27. The number of hydrogen-bond acceptors (Lipinski definition) is 6. The van der Waals surface area contributed by atoms with Crippen LogP contribution in [0.25, 0.3) is 0 Å². The molecule has 0 unspecified atom stereocenters. The fraction of sp³-hybridized carbons (Fsp3) is 0.481. The highest BCUT2D eigenvalue weighted by molar-refractivity contribution is 7.92. The number of hydrogen-bond donors (Lipinski definition) is 1. The SMILES string of the molecule is CC(C)CNC(=O)[C@@H](C)N(Cc1ccc(Cl)cc1Cl)C(=O)CCCN(c1ccc2c(c1)OCCO2)S(C)(=O)=O. The zero-order valence-corrected chi connectivity index (χ0v) is 24.9. The molecule has 1 N–H and O–H groups in total. The van der Waals surface area contributed by atoms with Gasteiger partial charge in [-0.3, -0.25) is 13.9 Å². The maximum Gasteiger partial charge on any atom is 0.242 e. The number of nitrogens with one attached hydrogen (secondary N) is 1. The van der Waals surface area contributed by atoms with Gasteiger partial charge in [-0.1, -0.05) is 43.1 Å². The number of carbonyl (C=O) groups excluding carboxylic acids is 2. The molecule has 0 spiro atoms. The van der Waals surface area contributed by atoms with Gasteiger partial charge in [0, 0.05) is 42.2 Å². The summed E-state index contributed by atoms with van der Waals surface area (Å²) in [5, 5.41) is 3.72. The Bertz CT molecular complexity index is 1290. The van der Waals surface area contributed by atoms with Gasteiger partial charge in [0.05, 0.1) is 11.9 Å². The van der Waals surface area contributed by atoms with Gasteiger partial charge < -0.3 is 19.7 Å². The van der Waals surface area contributed by atoms with Crippen LogP contribution >= 0.6 is 23.2 Å². The number of rotatable bonds is 12. The lowest BCUT2D eigenvalue weighted by molar-refractivity contribution is -0.140. The van der Waals surface area contributed by atoms with Crippen molar-refractivity contribution in [3.05, 3.63) is 52.0 Å². The predicted octanol–water partition coefficient (Wildman–Crippen LogP) is 4.50. The summed E-state index contributed by atoms with van der Waals surface area (Å²) < 4.78 is 37.6. The lowest BCUT2D eigenvalue weighted by atomic mass is 10.1. The van der Waals surface area contributed by atoms with E-state index in [2.05, 4.69) is 5.32 Å². The Labute approximate surface area is 240 Å². The van der Waals surface area contributed by atoms with Gasteiger partial charge in [0.1, 0.15) is 19.3 Å². The van der Waals surface area contributed by atoms with Crippen LogP contribution in [0.1, 0.15) is 39.2 Å². The van der Waals surface area contributed by atoms with E-state index in [-0.39, 0.29) is 43.7 Å². The van der Waals surface area contributed by atoms with E-state index >= 15 is 0 Å². The van der Waals surface area contributed by atoms with Crippen molar-refractivity contribution in [3.8, 4) is 11.5 Å². The molecule has 0 fully saturated rings. The minimum atomic E-state index is -3.65. The molecule has 1 atom stereocenters. The zero-order valence-electron chi connectivity index (χ0n) is 22.6. The number of ether oxygens (including phenoxy) is 2. The predicted molar refractivity (Wildman–Crippen MR) is 153 cm³/mol. The third-order valence-corrected chi connectivity index (χ3v) is 7.95. The van der Waals surface area contributed by atoms with Gasteiger partial charge >= 0.3 is 0 Å². The summed E-state index contributed by atoms with van der Waals surface area (Å²) in [6, 6.07) is 9.14. The van der Waals surface area contributed by atoms with Crippen LogP contribution in [0.2, 0.25) is 10.0 Å². The smallest absolute Gasteiger partial charge is 0.242 e. The number of amides is 2. The van der Waals surface area contributed by atoms with Crippen LogP contribution in [0.4, 0.5) is 5.69 Å². The number of halogens is 2. The lowest BCUT2D eigenvalue weighted by Crippen LogP contribution is -2.48. The van der Waals surface area contributed by atoms with Crippen molar-refractivity contribution in [1.29, 1.82) is 0 Å². The molecular weight excluding hydrogens is 565 g/mol. The summed E-state index contributed by atoms with van der Waals surface area (Å²) in [5.41, 5.74) is 1.06. The summed E-state index contributed by atoms with van der Waals surface area (Å²) in [6.07, 6.45) is 1.36. The van der Waals surface area contributed by atoms with Crippen molar-refractivity contribution in [1.82, 2.24) is 10.2 Å². The van der Waals surface area contributed by atoms with Gasteiger partial charge in [0.15, 0.2) is 11.5 Å². The number of carbonyl (C=O) groups is 2. The Morgan fingerprint density at radius 3 is 2.36 bits per heavy atom. The van der Waals surface area contributed by atoms with Gasteiger partial charge in [0.25, 0.3) is 0 Å². The molecule has 2 aromatic rings. The molecule has 1 aliphatic heterocycles. The van der Waals surface area contributed by atoms with Crippen LogP contribution < -0.4 is 19.1 Å². The maximum atomic E-state index is 13.4. The van der Waals surface area contributed by atoms with Crippen LogP contribution in [-0.4, -0.2) is 63.7 Å². The Morgan fingerprint density at radius 2 is 1.72 bits per heavy atom. The van der Waals surface area contributed by atoms with E-state index in [9.17, 15) is 18.0 Å². The lowest BCUT2D eigenvalue weighted by Gasteiger charge is -2.30. The molecule has 1 aliphatic rings. The average molecular weight is 601 g/mol. The summed E-state index contributed by atoms with van der Waals surface area (Å²) >= 11 is 12.4. The van der Waals surface area contributed by atoms with Gasteiger partial charge in [-0.2, -0.15) is 0 Å². The van der Waals surface area contributed by atoms with Crippen LogP contribution in [-0.2, 0) is 26.2 Å². The summed E-state index contributed by atoms with van der Waals surface area (Å²) in [5.74, 6) is 0.684.